The molecule has 0 unspecified atom stereocenters. The number of nitrogens with one attached hydrogen (secondary N) is 1. The van der Waals surface area contributed by atoms with Crippen molar-refractivity contribution in [2.45, 2.75) is 46.3 Å². The average molecular weight is 341 g/mol. The molecule has 0 aliphatic carbocycles. The molecule has 4 heteroatoms. The molecule has 0 aliphatic rings. The first-order valence-corrected chi connectivity index (χ1v) is 8.62. The second kappa shape index (κ2) is 8.56. The maximum Gasteiger partial charge on any atom is 0.261 e. The Morgan fingerprint density at radius 1 is 1.12 bits per heavy atom. The van der Waals surface area contributed by atoms with Crippen LogP contribution in [0.15, 0.2) is 42.5 Å². The van der Waals surface area contributed by atoms with Crippen molar-refractivity contribution in [2.24, 2.45) is 0 Å². The predicted octanol–water partition coefficient (Wildman–Crippen LogP) is 4.35. The third kappa shape index (κ3) is 4.99. The van der Waals surface area contributed by atoms with Crippen LogP contribution in [0.1, 0.15) is 43.0 Å². The number of hydrogen-bond donors (Lipinski definition) is 1. The van der Waals surface area contributed by atoms with Gasteiger partial charge >= 0.3 is 0 Å². The molecule has 0 aromatic heterocycles. The van der Waals surface area contributed by atoms with Gasteiger partial charge in [0.1, 0.15) is 11.5 Å². The van der Waals surface area contributed by atoms with E-state index in [0.717, 1.165) is 5.56 Å². The summed E-state index contributed by atoms with van der Waals surface area (Å²) in [5.41, 5.74) is 3.51. The number of amides is 1. The van der Waals surface area contributed by atoms with Crippen molar-refractivity contribution < 1.29 is 14.3 Å². The number of rotatable bonds is 7. The fourth-order valence-corrected chi connectivity index (χ4v) is 2.86. The van der Waals surface area contributed by atoms with Crippen LogP contribution in [0.4, 0.5) is 0 Å². The first-order valence-electron chi connectivity index (χ1n) is 8.62. The Labute approximate surface area is 150 Å². The molecule has 0 saturated heterocycles. The first-order chi connectivity index (χ1) is 11.9. The predicted molar refractivity (Wildman–Crippen MR) is 100 cm³/mol. The SMILES string of the molecule is CC[C@@H](Oc1cccc(OC)c1)C(=O)N[C@@H](C)c1ccc(C)cc1C. The minimum absolute atomic E-state index is 0.0731. The van der Waals surface area contributed by atoms with E-state index >= 15 is 0 Å². The molecule has 0 bridgehead atoms. The quantitative estimate of drug-likeness (QED) is 0.814. The number of aryl methyl sites for hydroxylation is 2. The van der Waals surface area contributed by atoms with E-state index < -0.39 is 6.10 Å². The van der Waals surface area contributed by atoms with Crippen molar-refractivity contribution >= 4 is 5.91 Å². The van der Waals surface area contributed by atoms with Gasteiger partial charge in [-0.15, -0.1) is 0 Å². The molecule has 0 spiro atoms. The van der Waals surface area contributed by atoms with E-state index in [9.17, 15) is 4.79 Å². The Morgan fingerprint density at radius 3 is 2.48 bits per heavy atom. The van der Waals surface area contributed by atoms with Gasteiger partial charge in [0.15, 0.2) is 6.10 Å². The van der Waals surface area contributed by atoms with Crippen LogP contribution in [-0.2, 0) is 4.79 Å². The number of hydrogen-bond acceptors (Lipinski definition) is 3. The molecule has 2 aromatic carbocycles. The summed E-state index contributed by atoms with van der Waals surface area (Å²) in [6, 6.07) is 13.5. The summed E-state index contributed by atoms with van der Waals surface area (Å²) in [7, 11) is 1.61. The van der Waals surface area contributed by atoms with Crippen molar-refractivity contribution in [1.82, 2.24) is 5.32 Å². The van der Waals surface area contributed by atoms with Crippen LogP contribution in [0, 0.1) is 13.8 Å². The number of carbonyl (C=O) groups is 1. The summed E-state index contributed by atoms with van der Waals surface area (Å²) in [4.78, 5) is 12.6. The summed E-state index contributed by atoms with van der Waals surface area (Å²) in [5.74, 6) is 1.22. The number of methoxy groups -OCH3 is 1. The van der Waals surface area contributed by atoms with Crippen LogP contribution in [-0.4, -0.2) is 19.1 Å². The fraction of sp³-hybridized carbons (Fsp3) is 0.381. The number of carbonyl (C=O) groups excluding carboxylic acids is 1. The van der Waals surface area contributed by atoms with E-state index in [1.165, 1.54) is 11.1 Å². The van der Waals surface area contributed by atoms with Gasteiger partial charge in [-0.3, -0.25) is 4.79 Å². The zero-order valence-electron chi connectivity index (χ0n) is 15.6. The molecular weight excluding hydrogens is 314 g/mol. The zero-order valence-corrected chi connectivity index (χ0v) is 15.6. The number of benzene rings is 2. The van der Waals surface area contributed by atoms with Crippen molar-refractivity contribution in [3.8, 4) is 11.5 Å². The molecule has 0 saturated carbocycles. The molecule has 2 aromatic rings. The molecule has 2 atom stereocenters. The van der Waals surface area contributed by atoms with Crippen LogP contribution in [0.3, 0.4) is 0 Å². The molecule has 0 radical (unpaired) electrons. The first kappa shape index (κ1) is 18.8. The minimum atomic E-state index is -0.541. The largest absolute Gasteiger partial charge is 0.497 e. The maximum absolute atomic E-state index is 12.6. The summed E-state index contributed by atoms with van der Waals surface area (Å²) < 4.78 is 11.1. The highest BCUT2D eigenvalue weighted by atomic mass is 16.5. The summed E-state index contributed by atoms with van der Waals surface area (Å²) in [6.07, 6.45) is 0.0446. The lowest BCUT2D eigenvalue weighted by atomic mass is 10.00. The van der Waals surface area contributed by atoms with Crippen molar-refractivity contribution in [3.05, 3.63) is 59.2 Å². The van der Waals surface area contributed by atoms with E-state index in [1.54, 1.807) is 13.2 Å². The van der Waals surface area contributed by atoms with Gasteiger partial charge in [-0.1, -0.05) is 36.8 Å². The van der Waals surface area contributed by atoms with Gasteiger partial charge in [0.2, 0.25) is 0 Å². The second-order valence-electron chi connectivity index (χ2n) is 6.28. The second-order valence-corrected chi connectivity index (χ2v) is 6.28. The van der Waals surface area contributed by atoms with Gasteiger partial charge in [0.25, 0.3) is 5.91 Å². The lowest BCUT2D eigenvalue weighted by molar-refractivity contribution is -0.128. The van der Waals surface area contributed by atoms with Gasteiger partial charge in [-0.2, -0.15) is 0 Å². The van der Waals surface area contributed by atoms with Gasteiger partial charge in [-0.05, 0) is 50.5 Å². The van der Waals surface area contributed by atoms with E-state index in [1.807, 2.05) is 32.0 Å². The monoisotopic (exact) mass is 341 g/mol. The third-order valence-corrected chi connectivity index (χ3v) is 4.23. The normalized spacial score (nSPS) is 13.0. The Kier molecular flexibility index (Phi) is 6.45. The molecule has 0 fully saturated rings. The minimum Gasteiger partial charge on any atom is -0.497 e. The highest BCUT2D eigenvalue weighted by molar-refractivity contribution is 5.81. The topological polar surface area (TPSA) is 47.6 Å². The lowest BCUT2D eigenvalue weighted by Crippen LogP contribution is -2.39. The van der Waals surface area contributed by atoms with Gasteiger partial charge < -0.3 is 14.8 Å². The van der Waals surface area contributed by atoms with E-state index in [4.69, 9.17) is 9.47 Å². The van der Waals surface area contributed by atoms with Crippen LogP contribution >= 0.6 is 0 Å². The van der Waals surface area contributed by atoms with E-state index in [0.29, 0.717) is 17.9 Å². The van der Waals surface area contributed by atoms with Crippen LogP contribution in [0.2, 0.25) is 0 Å². The van der Waals surface area contributed by atoms with Gasteiger partial charge in [0, 0.05) is 6.07 Å². The smallest absolute Gasteiger partial charge is 0.261 e. The molecule has 134 valence electrons. The highest BCUT2D eigenvalue weighted by Gasteiger charge is 2.21. The molecule has 25 heavy (non-hydrogen) atoms. The van der Waals surface area contributed by atoms with Crippen LogP contribution in [0.25, 0.3) is 0 Å². The summed E-state index contributed by atoms with van der Waals surface area (Å²) in [5, 5.41) is 3.06. The Hall–Kier alpha value is -2.49. The van der Waals surface area contributed by atoms with Crippen molar-refractivity contribution in [1.29, 1.82) is 0 Å². The lowest BCUT2D eigenvalue weighted by Gasteiger charge is -2.22. The Bertz CT molecular complexity index is 727. The van der Waals surface area contributed by atoms with Crippen molar-refractivity contribution in [3.63, 3.8) is 0 Å². The number of ether oxygens (including phenoxy) is 2. The van der Waals surface area contributed by atoms with Crippen molar-refractivity contribution in [2.75, 3.05) is 7.11 Å². The average Bonchev–Trinajstić information content (AvgIpc) is 2.59. The Balaban J connectivity index is 2.06. The molecule has 1 N–H and O–H groups in total. The zero-order chi connectivity index (χ0) is 18.4. The van der Waals surface area contributed by atoms with E-state index in [-0.39, 0.29) is 11.9 Å². The molecule has 1 amide bonds. The Morgan fingerprint density at radius 2 is 1.84 bits per heavy atom. The van der Waals surface area contributed by atoms with Crippen LogP contribution in [0.5, 0.6) is 11.5 Å². The molecule has 0 heterocycles. The summed E-state index contributed by atoms with van der Waals surface area (Å²) >= 11 is 0. The standard InChI is InChI=1S/C21H27NO3/c1-6-20(25-18-9-7-8-17(13-18)24-5)21(23)22-16(4)19-11-10-14(2)12-15(19)3/h7-13,16,20H,6H2,1-5H3,(H,22,23)/t16-,20+/m0/s1. The molecule has 0 aliphatic heterocycles. The van der Waals surface area contributed by atoms with Gasteiger partial charge in [0.05, 0.1) is 13.2 Å². The molecular formula is C21H27NO3. The van der Waals surface area contributed by atoms with Crippen LogP contribution < -0.4 is 14.8 Å². The van der Waals surface area contributed by atoms with E-state index in [2.05, 4.69) is 37.4 Å². The van der Waals surface area contributed by atoms with Gasteiger partial charge in [-0.25, -0.2) is 0 Å². The molecule has 4 nitrogen and oxygen atoms in total. The highest BCUT2D eigenvalue weighted by Crippen LogP contribution is 2.22. The summed E-state index contributed by atoms with van der Waals surface area (Å²) in [6.45, 7) is 8.06. The molecule has 2 rings (SSSR count). The fourth-order valence-electron chi connectivity index (χ4n) is 2.86. The third-order valence-electron chi connectivity index (χ3n) is 4.23. The maximum atomic E-state index is 12.6.